The maximum Gasteiger partial charge on any atom is 0.270 e. The first-order valence-electron chi connectivity index (χ1n) is 10.2. The molecule has 0 N–H and O–H groups in total. The highest BCUT2D eigenvalue weighted by Gasteiger charge is 2.27. The summed E-state index contributed by atoms with van der Waals surface area (Å²) in [7, 11) is 0. The lowest BCUT2D eigenvalue weighted by Crippen LogP contribution is -2.49. The third-order valence-corrected chi connectivity index (χ3v) is 5.78. The number of amides is 1. The van der Waals surface area contributed by atoms with Crippen LogP contribution in [0.5, 0.6) is 0 Å². The quantitative estimate of drug-likeness (QED) is 0.612. The van der Waals surface area contributed by atoms with Gasteiger partial charge < -0.3 is 14.4 Å². The van der Waals surface area contributed by atoms with Crippen molar-refractivity contribution in [2.24, 2.45) is 0 Å². The van der Waals surface area contributed by atoms with E-state index in [0.29, 0.717) is 43.1 Å². The van der Waals surface area contributed by atoms with Crippen molar-refractivity contribution >= 4 is 11.6 Å². The van der Waals surface area contributed by atoms with Gasteiger partial charge in [-0.2, -0.15) is 0 Å². The van der Waals surface area contributed by atoms with Gasteiger partial charge in [-0.05, 0) is 55.3 Å². The Labute approximate surface area is 179 Å². The summed E-state index contributed by atoms with van der Waals surface area (Å²) in [6.07, 6.45) is 0. The number of nitrogens with zero attached hydrogens (tertiary/aromatic N) is 3. The Morgan fingerprint density at radius 3 is 2.26 bits per heavy atom. The third kappa shape index (κ3) is 4.17. The Morgan fingerprint density at radius 2 is 1.58 bits per heavy atom. The number of carbonyl (C=O) groups excluding carboxylic acids is 1. The standard InChI is InChI=1S/C24H24F3N3O/c1-16-13-17(2)30(15-18-7-8-19(25)21(27)14-18)23(16)24(31)29-11-9-28(10-12-29)22-6-4-3-5-20(22)26/h3-8,13-14H,9-12,15H2,1-2H3. The average Bonchev–Trinajstić information content (AvgIpc) is 3.03. The van der Waals surface area contributed by atoms with Gasteiger partial charge in [-0.15, -0.1) is 0 Å². The molecule has 1 amide bonds. The molecule has 4 rings (SSSR count). The Morgan fingerprint density at radius 1 is 0.871 bits per heavy atom. The topological polar surface area (TPSA) is 28.5 Å². The van der Waals surface area contributed by atoms with Crippen LogP contribution in [-0.2, 0) is 6.54 Å². The second-order valence-electron chi connectivity index (χ2n) is 7.88. The summed E-state index contributed by atoms with van der Waals surface area (Å²) in [5.41, 5.74) is 3.37. The van der Waals surface area contributed by atoms with Crippen LogP contribution in [0.3, 0.4) is 0 Å². The molecule has 0 saturated carbocycles. The summed E-state index contributed by atoms with van der Waals surface area (Å²) in [4.78, 5) is 17.1. The summed E-state index contributed by atoms with van der Waals surface area (Å²) in [5.74, 6) is -2.18. The fraction of sp³-hybridized carbons (Fsp3) is 0.292. The summed E-state index contributed by atoms with van der Waals surface area (Å²) in [5, 5.41) is 0. The van der Waals surface area contributed by atoms with E-state index in [1.165, 1.54) is 12.1 Å². The molecule has 2 heterocycles. The van der Waals surface area contributed by atoms with Crippen molar-refractivity contribution in [3.05, 3.63) is 88.5 Å². The third-order valence-electron chi connectivity index (χ3n) is 5.78. The van der Waals surface area contributed by atoms with Gasteiger partial charge >= 0.3 is 0 Å². The Kier molecular flexibility index (Phi) is 5.76. The maximum atomic E-state index is 14.1. The number of aromatic nitrogens is 1. The molecule has 0 atom stereocenters. The first-order valence-corrected chi connectivity index (χ1v) is 10.2. The number of benzene rings is 2. The summed E-state index contributed by atoms with van der Waals surface area (Å²) in [6.45, 7) is 6.05. The minimum Gasteiger partial charge on any atom is -0.366 e. The van der Waals surface area contributed by atoms with Crippen molar-refractivity contribution in [1.29, 1.82) is 0 Å². The Balaban J connectivity index is 1.53. The highest BCUT2D eigenvalue weighted by molar-refractivity contribution is 5.94. The molecule has 0 aliphatic carbocycles. The molecule has 1 aliphatic rings. The monoisotopic (exact) mass is 427 g/mol. The molecule has 0 unspecified atom stereocenters. The van der Waals surface area contributed by atoms with E-state index in [-0.39, 0.29) is 18.3 Å². The van der Waals surface area contributed by atoms with Gasteiger partial charge in [-0.3, -0.25) is 4.79 Å². The fourth-order valence-electron chi connectivity index (χ4n) is 4.17. The van der Waals surface area contributed by atoms with Crippen molar-refractivity contribution in [3.8, 4) is 0 Å². The van der Waals surface area contributed by atoms with Crippen LogP contribution in [0.2, 0.25) is 0 Å². The van der Waals surface area contributed by atoms with E-state index in [4.69, 9.17) is 0 Å². The van der Waals surface area contributed by atoms with E-state index in [0.717, 1.165) is 23.4 Å². The lowest BCUT2D eigenvalue weighted by molar-refractivity contribution is 0.0735. The van der Waals surface area contributed by atoms with Crippen LogP contribution in [0.15, 0.2) is 48.5 Å². The number of hydrogen-bond acceptors (Lipinski definition) is 2. The van der Waals surface area contributed by atoms with Crippen LogP contribution in [0.1, 0.15) is 27.3 Å². The molecule has 1 aliphatic heterocycles. The molecule has 7 heteroatoms. The highest BCUT2D eigenvalue weighted by atomic mass is 19.2. The largest absolute Gasteiger partial charge is 0.366 e. The Bertz CT molecular complexity index is 1120. The molecule has 0 radical (unpaired) electrons. The molecule has 31 heavy (non-hydrogen) atoms. The number of rotatable bonds is 4. The van der Waals surface area contributed by atoms with E-state index < -0.39 is 11.6 Å². The van der Waals surface area contributed by atoms with E-state index in [1.807, 2.05) is 29.4 Å². The molecule has 2 aromatic carbocycles. The molecule has 4 nitrogen and oxygen atoms in total. The van der Waals surface area contributed by atoms with E-state index in [2.05, 4.69) is 0 Å². The van der Waals surface area contributed by atoms with Gasteiger partial charge in [-0.25, -0.2) is 13.2 Å². The van der Waals surface area contributed by atoms with Crippen LogP contribution >= 0.6 is 0 Å². The average molecular weight is 427 g/mol. The predicted molar refractivity (Wildman–Crippen MR) is 114 cm³/mol. The Hall–Kier alpha value is -3.22. The first-order chi connectivity index (χ1) is 14.8. The molecule has 1 aromatic heterocycles. The zero-order valence-electron chi connectivity index (χ0n) is 17.5. The van der Waals surface area contributed by atoms with Gasteiger partial charge in [0.05, 0.1) is 5.69 Å². The van der Waals surface area contributed by atoms with Gasteiger partial charge in [0.15, 0.2) is 11.6 Å². The van der Waals surface area contributed by atoms with Crippen LogP contribution in [0, 0.1) is 31.3 Å². The number of anilines is 1. The van der Waals surface area contributed by atoms with Crippen molar-refractivity contribution in [2.45, 2.75) is 20.4 Å². The van der Waals surface area contributed by atoms with Crippen LogP contribution in [0.4, 0.5) is 18.9 Å². The number of aryl methyl sites for hydroxylation is 2. The van der Waals surface area contributed by atoms with Crippen LogP contribution in [-0.4, -0.2) is 41.6 Å². The smallest absolute Gasteiger partial charge is 0.270 e. The van der Waals surface area contributed by atoms with Gasteiger partial charge in [0.25, 0.3) is 5.91 Å². The highest BCUT2D eigenvalue weighted by Crippen LogP contribution is 2.23. The fourth-order valence-corrected chi connectivity index (χ4v) is 4.17. The molecule has 1 saturated heterocycles. The van der Waals surface area contributed by atoms with Gasteiger partial charge in [0.2, 0.25) is 0 Å². The van der Waals surface area contributed by atoms with Crippen LogP contribution in [0.25, 0.3) is 0 Å². The molecule has 3 aromatic rings. The predicted octanol–water partition coefficient (Wildman–Crippen LogP) is 4.53. The van der Waals surface area contributed by atoms with Gasteiger partial charge in [0.1, 0.15) is 11.5 Å². The SMILES string of the molecule is Cc1cc(C)n(Cc2ccc(F)c(F)c2)c1C(=O)N1CCN(c2ccccc2F)CC1. The molecule has 162 valence electrons. The van der Waals surface area contributed by atoms with Gasteiger partial charge in [-0.1, -0.05) is 18.2 Å². The van der Waals surface area contributed by atoms with Crippen molar-refractivity contribution in [2.75, 3.05) is 31.1 Å². The van der Waals surface area contributed by atoms with Crippen molar-refractivity contribution in [3.63, 3.8) is 0 Å². The zero-order valence-corrected chi connectivity index (χ0v) is 17.5. The first kappa shape index (κ1) is 21.0. The summed E-state index contributed by atoms with van der Waals surface area (Å²) < 4.78 is 42.9. The summed E-state index contributed by atoms with van der Waals surface area (Å²) >= 11 is 0. The molecule has 1 fully saturated rings. The second-order valence-corrected chi connectivity index (χ2v) is 7.88. The zero-order chi connectivity index (χ0) is 22.1. The lowest BCUT2D eigenvalue weighted by atomic mass is 10.2. The number of piperazine rings is 1. The van der Waals surface area contributed by atoms with E-state index in [9.17, 15) is 18.0 Å². The number of hydrogen-bond donors (Lipinski definition) is 0. The molecular formula is C24H24F3N3O. The normalized spacial score (nSPS) is 14.2. The molecular weight excluding hydrogens is 403 g/mol. The molecule has 0 spiro atoms. The number of halogens is 3. The maximum absolute atomic E-state index is 14.1. The number of carbonyl (C=O) groups is 1. The minimum atomic E-state index is -0.906. The van der Waals surface area contributed by atoms with Gasteiger partial charge in [0, 0.05) is 38.4 Å². The lowest BCUT2D eigenvalue weighted by Gasteiger charge is -2.36. The van der Waals surface area contributed by atoms with Crippen LogP contribution < -0.4 is 4.90 Å². The van der Waals surface area contributed by atoms with E-state index in [1.54, 1.807) is 23.1 Å². The summed E-state index contributed by atoms with van der Waals surface area (Å²) in [6, 6.07) is 12.3. The van der Waals surface area contributed by atoms with E-state index >= 15 is 0 Å². The van der Waals surface area contributed by atoms with Crippen molar-refractivity contribution < 1.29 is 18.0 Å². The second kappa shape index (κ2) is 8.49. The number of para-hydroxylation sites is 1. The minimum absolute atomic E-state index is 0.110. The van der Waals surface area contributed by atoms with Crippen molar-refractivity contribution in [1.82, 2.24) is 9.47 Å². The molecule has 0 bridgehead atoms.